The Balaban J connectivity index is 3.53. The first-order chi connectivity index (χ1) is 5.07. The van der Waals surface area contributed by atoms with Crippen LogP contribution in [0.2, 0.25) is 0 Å². The van der Waals surface area contributed by atoms with Crippen molar-refractivity contribution in [3.8, 4) is 0 Å². The molecule has 0 saturated heterocycles. The van der Waals surface area contributed by atoms with Gasteiger partial charge in [0.25, 0.3) is 0 Å². The van der Waals surface area contributed by atoms with Crippen LogP contribution in [0, 0.1) is 0 Å². The molecular weight excluding hydrogens is 150 g/mol. The maximum absolute atomic E-state index is 10.1. The lowest BCUT2D eigenvalue weighted by molar-refractivity contribution is -0.139. The van der Waals surface area contributed by atoms with Crippen LogP contribution in [0.15, 0.2) is 0 Å². The van der Waals surface area contributed by atoms with Crippen LogP contribution >= 0.6 is 0 Å². The fourth-order valence-electron chi connectivity index (χ4n) is 0.542. The van der Waals surface area contributed by atoms with Crippen molar-refractivity contribution in [1.29, 1.82) is 0 Å². The van der Waals surface area contributed by atoms with Gasteiger partial charge in [-0.15, -0.1) is 0 Å². The summed E-state index contributed by atoms with van der Waals surface area (Å²) in [4.78, 5) is 20.0. The summed E-state index contributed by atoms with van der Waals surface area (Å²) in [6.07, 6.45) is -0.541. The van der Waals surface area contributed by atoms with Gasteiger partial charge in [0.1, 0.15) is 18.4 Å². The van der Waals surface area contributed by atoms with Crippen molar-refractivity contribution in [1.82, 2.24) is 0 Å². The lowest BCUT2D eigenvalue weighted by Crippen LogP contribution is -2.31. The summed E-state index contributed by atoms with van der Waals surface area (Å²) in [5, 5.41) is 16.9. The van der Waals surface area contributed by atoms with E-state index in [1.54, 1.807) is 0 Å². The zero-order valence-electron chi connectivity index (χ0n) is 5.93. The second kappa shape index (κ2) is 4.81. The van der Waals surface area contributed by atoms with Crippen molar-refractivity contribution >= 4 is 12.3 Å². The summed E-state index contributed by atoms with van der Waals surface area (Å²) in [5.74, 6) is -1.12. The van der Waals surface area contributed by atoms with Crippen LogP contribution in [-0.4, -0.2) is 34.6 Å². The van der Waals surface area contributed by atoms with Crippen molar-refractivity contribution in [2.45, 2.75) is 25.0 Å². The number of hydrogen-bond donors (Lipinski definition) is 3. The summed E-state index contributed by atoms with van der Waals surface area (Å²) in [7, 11) is 0. The summed E-state index contributed by atoms with van der Waals surface area (Å²) >= 11 is 0. The van der Waals surface area contributed by atoms with Gasteiger partial charge in [-0.2, -0.15) is 0 Å². The average Bonchev–Trinajstić information content (AvgIpc) is 1.99. The first-order valence-electron chi connectivity index (χ1n) is 3.19. The summed E-state index contributed by atoms with van der Waals surface area (Å²) < 4.78 is 0. The highest BCUT2D eigenvalue weighted by Crippen LogP contribution is 1.97. The van der Waals surface area contributed by atoms with Gasteiger partial charge in [0, 0.05) is 0 Å². The first kappa shape index (κ1) is 10.1. The van der Waals surface area contributed by atoms with Crippen molar-refractivity contribution < 1.29 is 19.8 Å². The van der Waals surface area contributed by atoms with E-state index in [1.807, 2.05) is 0 Å². The van der Waals surface area contributed by atoms with Crippen LogP contribution in [0.5, 0.6) is 0 Å². The highest BCUT2D eigenvalue weighted by atomic mass is 16.4. The van der Waals surface area contributed by atoms with E-state index in [-0.39, 0.29) is 12.8 Å². The van der Waals surface area contributed by atoms with Crippen molar-refractivity contribution in [2.24, 2.45) is 5.73 Å². The van der Waals surface area contributed by atoms with Gasteiger partial charge in [0.2, 0.25) is 0 Å². The largest absolute Gasteiger partial charge is 0.480 e. The fourth-order valence-corrected chi connectivity index (χ4v) is 0.542. The number of carbonyl (C=O) groups is 2. The number of aldehydes is 1. The van der Waals surface area contributed by atoms with Crippen LogP contribution in [0.3, 0.4) is 0 Å². The third kappa shape index (κ3) is 4.46. The fraction of sp³-hybridized carbons (Fsp3) is 0.667. The van der Waals surface area contributed by atoms with Gasteiger partial charge in [-0.25, -0.2) is 0 Å². The highest BCUT2D eigenvalue weighted by Gasteiger charge is 2.12. The number of aliphatic hydroxyl groups excluding tert-OH is 1. The first-order valence-corrected chi connectivity index (χ1v) is 3.19. The van der Waals surface area contributed by atoms with Crippen molar-refractivity contribution in [3.05, 3.63) is 0 Å². The number of carboxylic acid groups (broad SMARTS) is 1. The molecule has 0 aromatic carbocycles. The number of carbonyl (C=O) groups excluding carboxylic acids is 1. The molecule has 0 aromatic rings. The molecule has 0 spiro atoms. The SMILES string of the molecule is N[C@@H](CCC(O)C=O)C(=O)O. The van der Waals surface area contributed by atoms with E-state index in [0.29, 0.717) is 6.29 Å². The molecule has 0 saturated carbocycles. The smallest absolute Gasteiger partial charge is 0.320 e. The number of hydrogen-bond acceptors (Lipinski definition) is 4. The van der Waals surface area contributed by atoms with E-state index in [1.165, 1.54) is 0 Å². The molecule has 2 atom stereocenters. The van der Waals surface area contributed by atoms with Gasteiger partial charge >= 0.3 is 5.97 Å². The summed E-state index contributed by atoms with van der Waals surface area (Å²) in [6, 6.07) is -0.996. The maximum atomic E-state index is 10.1. The van der Waals surface area contributed by atoms with E-state index in [9.17, 15) is 9.59 Å². The van der Waals surface area contributed by atoms with Gasteiger partial charge in [0.15, 0.2) is 0 Å². The molecule has 0 aliphatic carbocycles. The summed E-state index contributed by atoms with van der Waals surface area (Å²) in [5.41, 5.74) is 5.09. The zero-order chi connectivity index (χ0) is 8.85. The van der Waals surface area contributed by atoms with Crippen LogP contribution in [0.25, 0.3) is 0 Å². The Bertz CT molecular complexity index is 148. The van der Waals surface area contributed by atoms with E-state index in [4.69, 9.17) is 15.9 Å². The third-order valence-electron chi connectivity index (χ3n) is 1.25. The normalized spacial score (nSPS) is 15.5. The molecule has 5 heteroatoms. The van der Waals surface area contributed by atoms with E-state index in [2.05, 4.69) is 0 Å². The Labute approximate surface area is 63.8 Å². The minimum atomic E-state index is -1.12. The van der Waals surface area contributed by atoms with Gasteiger partial charge in [-0.3, -0.25) is 4.79 Å². The molecule has 0 aromatic heterocycles. The van der Waals surface area contributed by atoms with Crippen molar-refractivity contribution in [3.63, 3.8) is 0 Å². The van der Waals surface area contributed by atoms with E-state index in [0.717, 1.165) is 0 Å². The Morgan fingerprint density at radius 2 is 2.09 bits per heavy atom. The molecule has 64 valence electrons. The third-order valence-corrected chi connectivity index (χ3v) is 1.25. The second-order valence-corrected chi connectivity index (χ2v) is 2.23. The topological polar surface area (TPSA) is 101 Å². The maximum Gasteiger partial charge on any atom is 0.320 e. The molecule has 0 fully saturated rings. The highest BCUT2D eigenvalue weighted by molar-refractivity contribution is 5.73. The van der Waals surface area contributed by atoms with Crippen LogP contribution in [-0.2, 0) is 9.59 Å². The number of aliphatic carboxylic acids is 1. The number of aliphatic hydroxyl groups is 1. The average molecular weight is 161 g/mol. The number of rotatable bonds is 5. The summed E-state index contributed by atoms with van der Waals surface area (Å²) in [6.45, 7) is 0. The van der Waals surface area contributed by atoms with Gasteiger partial charge < -0.3 is 20.7 Å². The molecule has 0 rings (SSSR count). The number of nitrogens with two attached hydrogens (primary N) is 1. The Kier molecular flexibility index (Phi) is 4.40. The zero-order valence-corrected chi connectivity index (χ0v) is 5.93. The van der Waals surface area contributed by atoms with Crippen molar-refractivity contribution in [2.75, 3.05) is 0 Å². The Morgan fingerprint density at radius 1 is 1.55 bits per heavy atom. The quantitative estimate of drug-likeness (QED) is 0.437. The minimum absolute atomic E-state index is 0.0942. The van der Waals surface area contributed by atoms with Crippen LogP contribution < -0.4 is 5.73 Å². The molecule has 0 amide bonds. The second-order valence-electron chi connectivity index (χ2n) is 2.23. The molecule has 11 heavy (non-hydrogen) atoms. The Morgan fingerprint density at radius 3 is 2.45 bits per heavy atom. The molecule has 4 N–H and O–H groups in total. The molecule has 5 nitrogen and oxygen atoms in total. The van der Waals surface area contributed by atoms with Crippen LogP contribution in [0.4, 0.5) is 0 Å². The van der Waals surface area contributed by atoms with Gasteiger partial charge in [-0.1, -0.05) is 0 Å². The lowest BCUT2D eigenvalue weighted by atomic mass is 10.1. The molecule has 0 radical (unpaired) electrons. The minimum Gasteiger partial charge on any atom is -0.480 e. The molecule has 1 unspecified atom stereocenters. The molecular formula is C6H11NO4. The molecule has 0 heterocycles. The van der Waals surface area contributed by atoms with E-state index < -0.39 is 18.1 Å². The monoisotopic (exact) mass is 161 g/mol. The van der Waals surface area contributed by atoms with Gasteiger partial charge in [0.05, 0.1) is 0 Å². The molecule has 0 aliphatic rings. The lowest BCUT2D eigenvalue weighted by Gasteiger charge is -2.06. The Hall–Kier alpha value is -0.940. The molecule has 0 bridgehead atoms. The standard InChI is InChI=1S/C6H11NO4/c7-5(6(10)11)2-1-4(9)3-8/h3-5,9H,1-2,7H2,(H,10,11)/t4?,5-/m0/s1. The predicted molar refractivity (Wildman–Crippen MR) is 36.9 cm³/mol. The van der Waals surface area contributed by atoms with Gasteiger partial charge in [-0.05, 0) is 12.8 Å². The van der Waals surface area contributed by atoms with E-state index >= 15 is 0 Å². The molecule has 0 aliphatic heterocycles. The predicted octanol–water partition coefficient (Wildman–Crippen LogP) is -1.26. The number of carboxylic acids is 1. The van der Waals surface area contributed by atoms with Crippen LogP contribution in [0.1, 0.15) is 12.8 Å².